The number of hydrogen-bond donors (Lipinski definition) is 0. The molecule has 0 aliphatic carbocycles. The molecule has 0 saturated carbocycles. The second kappa shape index (κ2) is 9.24. The van der Waals surface area contributed by atoms with Crippen LogP contribution in [0.3, 0.4) is 0 Å². The molecule has 0 saturated heterocycles. The second-order valence-electron chi connectivity index (χ2n) is 6.76. The van der Waals surface area contributed by atoms with Gasteiger partial charge < -0.3 is 9.30 Å². The lowest BCUT2D eigenvalue weighted by molar-refractivity contribution is 0.102. The molecular formula is C22H25N3O3S. The smallest absolute Gasteiger partial charge is 0.262 e. The van der Waals surface area contributed by atoms with Gasteiger partial charge in [0, 0.05) is 37.2 Å². The Balaban J connectivity index is 1.87. The number of fused-ring (bicyclic) bond motifs is 1. The number of allylic oxidation sites excluding steroid dienone is 1. The molecule has 2 heterocycles. The van der Waals surface area contributed by atoms with Crippen molar-refractivity contribution in [2.45, 2.75) is 32.1 Å². The first kappa shape index (κ1) is 21.1. The van der Waals surface area contributed by atoms with E-state index in [-0.39, 0.29) is 17.1 Å². The lowest BCUT2D eigenvalue weighted by Gasteiger charge is -2.11. The van der Waals surface area contributed by atoms with Crippen LogP contribution in [0.1, 0.15) is 21.7 Å². The number of Topliss-reactive ketones (excluding diaryl/α,β-unsaturated/α-hetero) is 1. The van der Waals surface area contributed by atoms with Crippen molar-refractivity contribution in [1.82, 2.24) is 14.1 Å². The van der Waals surface area contributed by atoms with Gasteiger partial charge in [0.1, 0.15) is 0 Å². The molecule has 0 N–H and O–H groups in total. The third-order valence-corrected chi connectivity index (χ3v) is 5.84. The van der Waals surface area contributed by atoms with Crippen LogP contribution < -0.4 is 5.56 Å². The average Bonchev–Trinajstić information content (AvgIpc) is 3.00. The molecular weight excluding hydrogens is 386 g/mol. The number of carbonyl (C=O) groups excluding carboxylic acids is 1. The number of carbonyl (C=O) groups is 1. The highest BCUT2D eigenvalue weighted by atomic mass is 32.2. The summed E-state index contributed by atoms with van der Waals surface area (Å²) >= 11 is 1.28. The average molecular weight is 412 g/mol. The Labute approximate surface area is 174 Å². The van der Waals surface area contributed by atoms with Crippen LogP contribution in [0.25, 0.3) is 10.9 Å². The molecule has 152 valence electrons. The molecule has 0 unspecified atom stereocenters. The molecule has 3 aromatic rings. The zero-order valence-corrected chi connectivity index (χ0v) is 17.8. The molecule has 0 amide bonds. The van der Waals surface area contributed by atoms with Crippen molar-refractivity contribution in [1.29, 1.82) is 0 Å². The highest BCUT2D eigenvalue weighted by Gasteiger charge is 2.18. The number of benzene rings is 1. The van der Waals surface area contributed by atoms with Gasteiger partial charge in [-0.25, -0.2) is 4.98 Å². The molecule has 7 heteroatoms. The summed E-state index contributed by atoms with van der Waals surface area (Å²) in [6.45, 7) is 9.31. The zero-order valence-electron chi connectivity index (χ0n) is 17.0. The molecule has 0 aliphatic rings. The van der Waals surface area contributed by atoms with Gasteiger partial charge in [0.15, 0.2) is 10.9 Å². The maximum Gasteiger partial charge on any atom is 0.262 e. The fraction of sp³-hybridized carbons (Fsp3) is 0.318. The minimum atomic E-state index is -0.122. The second-order valence-corrected chi connectivity index (χ2v) is 7.70. The van der Waals surface area contributed by atoms with Crippen molar-refractivity contribution in [3.05, 3.63) is 70.3 Å². The number of methoxy groups -OCH3 is 1. The van der Waals surface area contributed by atoms with Crippen molar-refractivity contribution < 1.29 is 9.53 Å². The molecule has 0 radical (unpaired) electrons. The van der Waals surface area contributed by atoms with Crippen LogP contribution >= 0.6 is 11.8 Å². The minimum absolute atomic E-state index is 0.0133. The van der Waals surface area contributed by atoms with Gasteiger partial charge in [0.2, 0.25) is 0 Å². The predicted molar refractivity (Wildman–Crippen MR) is 117 cm³/mol. The van der Waals surface area contributed by atoms with Crippen LogP contribution in [-0.4, -0.2) is 39.4 Å². The quantitative estimate of drug-likeness (QED) is 0.233. The summed E-state index contributed by atoms with van der Waals surface area (Å²) in [5.41, 5.74) is 3.17. The van der Waals surface area contributed by atoms with Gasteiger partial charge in [-0.05, 0) is 32.0 Å². The van der Waals surface area contributed by atoms with Crippen LogP contribution in [0, 0.1) is 13.8 Å². The van der Waals surface area contributed by atoms with Gasteiger partial charge in [0.05, 0.1) is 23.3 Å². The zero-order chi connectivity index (χ0) is 21.0. The van der Waals surface area contributed by atoms with Gasteiger partial charge >= 0.3 is 0 Å². The van der Waals surface area contributed by atoms with E-state index in [0.717, 1.165) is 11.4 Å². The first-order valence-corrected chi connectivity index (χ1v) is 10.4. The summed E-state index contributed by atoms with van der Waals surface area (Å²) in [7, 11) is 1.66. The van der Waals surface area contributed by atoms with Crippen molar-refractivity contribution in [2.75, 3.05) is 19.5 Å². The fourth-order valence-corrected chi connectivity index (χ4v) is 4.26. The van der Waals surface area contributed by atoms with E-state index in [0.29, 0.717) is 41.3 Å². The Kier molecular flexibility index (Phi) is 6.71. The first-order chi connectivity index (χ1) is 14.0. The number of rotatable bonds is 9. The van der Waals surface area contributed by atoms with Crippen LogP contribution in [0.5, 0.6) is 0 Å². The van der Waals surface area contributed by atoms with E-state index >= 15 is 0 Å². The number of aromatic nitrogens is 3. The van der Waals surface area contributed by atoms with Crippen LogP contribution in [0.2, 0.25) is 0 Å². The van der Waals surface area contributed by atoms with E-state index in [1.807, 2.05) is 38.1 Å². The Morgan fingerprint density at radius 2 is 2.03 bits per heavy atom. The molecule has 6 nitrogen and oxygen atoms in total. The third-order valence-electron chi connectivity index (χ3n) is 4.86. The lowest BCUT2D eigenvalue weighted by Crippen LogP contribution is -2.23. The molecule has 0 bridgehead atoms. The summed E-state index contributed by atoms with van der Waals surface area (Å²) in [6.07, 6.45) is 1.66. The Morgan fingerprint density at radius 1 is 1.28 bits per heavy atom. The highest BCUT2D eigenvalue weighted by Crippen LogP contribution is 2.22. The van der Waals surface area contributed by atoms with E-state index < -0.39 is 0 Å². The van der Waals surface area contributed by atoms with E-state index in [9.17, 15) is 9.59 Å². The van der Waals surface area contributed by atoms with Crippen LogP contribution in [0.15, 0.2) is 52.9 Å². The van der Waals surface area contributed by atoms with E-state index in [2.05, 4.69) is 16.1 Å². The molecule has 2 aromatic heterocycles. The summed E-state index contributed by atoms with van der Waals surface area (Å²) in [4.78, 5) is 30.3. The van der Waals surface area contributed by atoms with Crippen LogP contribution in [-0.2, 0) is 17.8 Å². The first-order valence-electron chi connectivity index (χ1n) is 9.40. The summed E-state index contributed by atoms with van der Waals surface area (Å²) in [5.74, 6) is 0.218. The monoisotopic (exact) mass is 411 g/mol. The van der Waals surface area contributed by atoms with E-state index in [4.69, 9.17) is 4.74 Å². The maximum atomic E-state index is 12.9. The molecule has 29 heavy (non-hydrogen) atoms. The topological polar surface area (TPSA) is 66.1 Å². The minimum Gasteiger partial charge on any atom is -0.383 e. The van der Waals surface area contributed by atoms with Crippen molar-refractivity contribution >= 4 is 28.4 Å². The predicted octanol–water partition coefficient (Wildman–Crippen LogP) is 3.62. The number of hydrogen-bond acceptors (Lipinski definition) is 5. The van der Waals surface area contributed by atoms with Gasteiger partial charge in [-0.15, -0.1) is 6.58 Å². The van der Waals surface area contributed by atoms with Gasteiger partial charge in [-0.2, -0.15) is 0 Å². The molecule has 0 aliphatic heterocycles. The summed E-state index contributed by atoms with van der Waals surface area (Å²) in [6, 6.07) is 9.15. The Bertz CT molecular complexity index is 1110. The summed E-state index contributed by atoms with van der Waals surface area (Å²) in [5, 5.41) is 1.09. The Hall–Kier alpha value is -2.64. The molecule has 0 atom stereocenters. The standard InChI is InChI=1S/C22H25N3O3S/c1-5-10-25-21(27)17-8-6-7-9-19(17)23-22(25)29-14-20(26)18-13-15(2)24(16(18)3)11-12-28-4/h5-9,13H,1,10-12,14H2,2-4H3. The van der Waals surface area contributed by atoms with Crippen molar-refractivity contribution in [2.24, 2.45) is 0 Å². The van der Waals surface area contributed by atoms with Gasteiger partial charge in [-0.3, -0.25) is 14.2 Å². The highest BCUT2D eigenvalue weighted by molar-refractivity contribution is 7.99. The molecule has 0 spiro atoms. The van der Waals surface area contributed by atoms with Crippen LogP contribution in [0.4, 0.5) is 0 Å². The number of ether oxygens (including phenoxy) is 1. The third kappa shape index (κ3) is 4.36. The maximum absolute atomic E-state index is 12.9. The molecule has 1 aromatic carbocycles. The molecule has 0 fully saturated rings. The SMILES string of the molecule is C=CCn1c(SCC(=O)c2cc(C)n(CCOC)c2C)nc2ccccc2c1=O. The number of ketones is 1. The van der Waals surface area contributed by atoms with Crippen molar-refractivity contribution in [3.63, 3.8) is 0 Å². The number of para-hydroxylation sites is 1. The number of aryl methyl sites for hydroxylation is 1. The molecule has 3 rings (SSSR count). The van der Waals surface area contributed by atoms with Crippen molar-refractivity contribution in [3.8, 4) is 0 Å². The Morgan fingerprint density at radius 3 is 2.76 bits per heavy atom. The number of thioether (sulfide) groups is 1. The normalized spacial score (nSPS) is 11.1. The van der Waals surface area contributed by atoms with E-state index in [1.165, 1.54) is 11.8 Å². The number of nitrogens with zero attached hydrogens (tertiary/aromatic N) is 3. The van der Waals surface area contributed by atoms with Gasteiger partial charge in [-0.1, -0.05) is 30.0 Å². The summed E-state index contributed by atoms with van der Waals surface area (Å²) < 4.78 is 8.81. The largest absolute Gasteiger partial charge is 0.383 e. The van der Waals surface area contributed by atoms with Gasteiger partial charge in [0.25, 0.3) is 5.56 Å². The lowest BCUT2D eigenvalue weighted by atomic mass is 10.2. The van der Waals surface area contributed by atoms with E-state index in [1.54, 1.807) is 23.8 Å². The fourth-order valence-electron chi connectivity index (χ4n) is 3.37.